The molecule has 1 N–H and O–H groups in total. The average Bonchev–Trinajstić information content (AvgIpc) is 3.36. The van der Waals surface area contributed by atoms with Gasteiger partial charge in [-0.2, -0.15) is 10.1 Å². The van der Waals surface area contributed by atoms with Crippen LogP contribution in [0, 0.1) is 5.92 Å². The maximum absolute atomic E-state index is 12.1. The third-order valence-corrected chi connectivity index (χ3v) is 5.87. The molecular weight excluding hydrogens is 442 g/mol. The van der Waals surface area contributed by atoms with Crippen LogP contribution in [0.1, 0.15) is 26.5 Å². The Morgan fingerprint density at radius 3 is 2.79 bits per heavy atom. The van der Waals surface area contributed by atoms with Gasteiger partial charge in [0.25, 0.3) is 0 Å². The second kappa shape index (κ2) is 9.30. The van der Waals surface area contributed by atoms with Crippen LogP contribution < -0.4 is 10.2 Å². The number of nitrogens with zero attached hydrogens (tertiary/aromatic N) is 8. The highest BCUT2D eigenvalue weighted by atomic mass is 32.1. The largest absolute Gasteiger partial charge is 0.444 e. The molecule has 3 aromatic rings. The molecule has 4 heterocycles. The number of anilines is 2. The van der Waals surface area contributed by atoms with Crippen LogP contribution in [0.5, 0.6) is 0 Å². The number of rotatable bonds is 7. The highest BCUT2D eigenvalue weighted by Gasteiger charge is 2.34. The van der Waals surface area contributed by atoms with E-state index in [0.717, 1.165) is 22.9 Å². The number of hydrogen-bond donors (Lipinski definition) is 1. The van der Waals surface area contributed by atoms with Gasteiger partial charge in [-0.05, 0) is 26.8 Å². The fourth-order valence-electron chi connectivity index (χ4n) is 3.39. The molecule has 12 heteroatoms. The molecule has 0 unspecified atom stereocenters. The molecule has 1 aliphatic heterocycles. The van der Waals surface area contributed by atoms with E-state index >= 15 is 0 Å². The van der Waals surface area contributed by atoms with E-state index in [-0.39, 0.29) is 6.09 Å². The smallest absolute Gasteiger partial charge is 0.410 e. The first-order valence-corrected chi connectivity index (χ1v) is 11.6. The Morgan fingerprint density at radius 2 is 2.09 bits per heavy atom. The first kappa shape index (κ1) is 22.9. The molecule has 4 rings (SSSR count). The molecule has 0 aliphatic carbocycles. The third-order valence-electron chi connectivity index (χ3n) is 4.95. The summed E-state index contributed by atoms with van der Waals surface area (Å²) in [5.41, 5.74) is 1.28. The summed E-state index contributed by atoms with van der Waals surface area (Å²) in [6, 6.07) is 1.94. The fraction of sp³-hybridized carbons (Fsp3) is 0.524. The first-order valence-electron chi connectivity index (χ1n) is 10.7. The molecule has 0 atom stereocenters. The van der Waals surface area contributed by atoms with Crippen LogP contribution in [-0.4, -0.2) is 73.0 Å². The zero-order chi connectivity index (χ0) is 23.6. The van der Waals surface area contributed by atoms with Gasteiger partial charge >= 0.3 is 6.09 Å². The molecule has 176 valence electrons. The van der Waals surface area contributed by atoms with Crippen LogP contribution in [-0.2, 0) is 18.3 Å². The Hall–Kier alpha value is -3.28. The minimum Gasteiger partial charge on any atom is -0.444 e. The Morgan fingerprint density at radius 1 is 1.30 bits per heavy atom. The molecule has 33 heavy (non-hydrogen) atoms. The van der Waals surface area contributed by atoms with Crippen molar-refractivity contribution in [1.29, 1.82) is 0 Å². The molecule has 3 aromatic heterocycles. The van der Waals surface area contributed by atoms with Crippen molar-refractivity contribution >= 4 is 29.3 Å². The van der Waals surface area contributed by atoms with Gasteiger partial charge in [0.15, 0.2) is 0 Å². The van der Waals surface area contributed by atoms with Gasteiger partial charge in [-0.15, -0.1) is 11.3 Å². The zero-order valence-electron chi connectivity index (χ0n) is 19.5. The number of ether oxygens (including phenoxy) is 1. The monoisotopic (exact) mass is 471 g/mol. The maximum atomic E-state index is 12.1. The van der Waals surface area contributed by atoms with Gasteiger partial charge in [-0.3, -0.25) is 4.68 Å². The van der Waals surface area contributed by atoms with E-state index in [1.807, 2.05) is 57.4 Å². The minimum atomic E-state index is -0.480. The topological polar surface area (TPSA) is 114 Å². The van der Waals surface area contributed by atoms with Gasteiger partial charge in [-0.25, -0.2) is 19.7 Å². The summed E-state index contributed by atoms with van der Waals surface area (Å²) in [5.74, 6) is 1.41. The van der Waals surface area contributed by atoms with E-state index < -0.39 is 5.60 Å². The normalized spacial score (nSPS) is 14.2. The lowest BCUT2D eigenvalue weighted by molar-refractivity contribution is 0.000163. The first-order chi connectivity index (χ1) is 15.7. The van der Waals surface area contributed by atoms with Gasteiger partial charge in [0.1, 0.15) is 22.6 Å². The molecule has 11 nitrogen and oxygen atoms in total. The molecule has 1 amide bonds. The summed E-state index contributed by atoms with van der Waals surface area (Å²) in [6.07, 6.45) is 3.13. The quantitative estimate of drug-likeness (QED) is 0.555. The standard InChI is InChI=1S/C21H29N9O2S/c1-21(2,3)32-20(31)30-10-14(11-30)9-28(4)19-24-13-23-18(26-19)22-8-15-12-33-17(25-15)16-6-7-29(5)27-16/h6-7,12-14H,8-11H2,1-5H3,(H,22,23,24,26). The number of aromatic nitrogens is 6. The number of aryl methyl sites for hydroxylation is 1. The van der Waals surface area contributed by atoms with Crippen molar-refractivity contribution in [3.05, 3.63) is 29.7 Å². The lowest BCUT2D eigenvalue weighted by Crippen LogP contribution is -2.54. The number of amides is 1. The highest BCUT2D eigenvalue weighted by molar-refractivity contribution is 7.13. The molecule has 1 aliphatic rings. The van der Waals surface area contributed by atoms with Crippen LogP contribution >= 0.6 is 11.3 Å². The maximum Gasteiger partial charge on any atom is 0.410 e. The van der Waals surface area contributed by atoms with Gasteiger partial charge in [0.2, 0.25) is 11.9 Å². The van der Waals surface area contributed by atoms with Crippen LogP contribution in [0.15, 0.2) is 24.0 Å². The van der Waals surface area contributed by atoms with E-state index in [4.69, 9.17) is 4.74 Å². The van der Waals surface area contributed by atoms with E-state index in [2.05, 4.69) is 30.4 Å². The van der Waals surface area contributed by atoms with Crippen LogP contribution in [0.25, 0.3) is 10.7 Å². The summed E-state index contributed by atoms with van der Waals surface area (Å²) in [5, 5.41) is 10.5. The predicted molar refractivity (Wildman–Crippen MR) is 126 cm³/mol. The molecular formula is C21H29N9O2S. The van der Waals surface area contributed by atoms with Crippen molar-refractivity contribution in [2.75, 3.05) is 36.9 Å². The number of carbonyl (C=O) groups excluding carboxylic acids is 1. The second-order valence-corrected chi connectivity index (χ2v) is 9.97. The molecule has 0 spiro atoms. The van der Waals surface area contributed by atoms with E-state index in [1.165, 1.54) is 6.33 Å². The third kappa shape index (κ3) is 5.95. The summed E-state index contributed by atoms with van der Waals surface area (Å²) in [6.45, 7) is 8.19. The average molecular weight is 472 g/mol. The van der Waals surface area contributed by atoms with Gasteiger partial charge < -0.3 is 19.9 Å². The molecule has 0 aromatic carbocycles. The number of thiazole rings is 1. The van der Waals surface area contributed by atoms with Crippen molar-refractivity contribution in [1.82, 2.24) is 34.6 Å². The van der Waals surface area contributed by atoms with Crippen molar-refractivity contribution in [2.45, 2.75) is 32.9 Å². The number of carbonyl (C=O) groups is 1. The van der Waals surface area contributed by atoms with Gasteiger partial charge in [-0.1, -0.05) is 0 Å². The lowest BCUT2D eigenvalue weighted by atomic mass is 10.0. The van der Waals surface area contributed by atoms with Crippen molar-refractivity contribution in [3.8, 4) is 10.7 Å². The Balaban J connectivity index is 1.27. The molecule has 0 bridgehead atoms. The molecule has 0 radical (unpaired) electrons. The van der Waals surface area contributed by atoms with Crippen LogP contribution in [0.3, 0.4) is 0 Å². The summed E-state index contributed by atoms with van der Waals surface area (Å²) in [4.78, 5) is 33.4. The van der Waals surface area contributed by atoms with E-state index in [9.17, 15) is 4.79 Å². The predicted octanol–water partition coefficient (Wildman–Crippen LogP) is 2.64. The molecule has 1 saturated heterocycles. The molecule has 0 saturated carbocycles. The van der Waals surface area contributed by atoms with E-state index in [0.29, 0.717) is 37.4 Å². The SMILES string of the molecule is CN(CC1CN(C(=O)OC(C)(C)C)C1)c1ncnc(NCc2csc(-c3ccn(C)n3)n2)n1. The molecule has 1 fully saturated rings. The second-order valence-electron chi connectivity index (χ2n) is 9.11. The summed E-state index contributed by atoms with van der Waals surface area (Å²) < 4.78 is 7.17. The zero-order valence-corrected chi connectivity index (χ0v) is 20.3. The summed E-state index contributed by atoms with van der Waals surface area (Å²) >= 11 is 1.55. The highest BCUT2D eigenvalue weighted by Crippen LogP contribution is 2.23. The van der Waals surface area contributed by atoms with Crippen LogP contribution in [0.2, 0.25) is 0 Å². The van der Waals surface area contributed by atoms with Crippen molar-refractivity contribution in [3.63, 3.8) is 0 Å². The van der Waals surface area contributed by atoms with Gasteiger partial charge in [0.05, 0.1) is 12.2 Å². The lowest BCUT2D eigenvalue weighted by Gasteiger charge is -2.41. The Kier molecular flexibility index (Phi) is 6.45. The summed E-state index contributed by atoms with van der Waals surface area (Å²) in [7, 11) is 3.83. The Bertz CT molecular complexity index is 1100. The van der Waals surface area contributed by atoms with E-state index in [1.54, 1.807) is 20.9 Å². The fourth-order valence-corrected chi connectivity index (χ4v) is 4.17. The van der Waals surface area contributed by atoms with Crippen molar-refractivity contribution in [2.24, 2.45) is 13.0 Å². The minimum absolute atomic E-state index is 0.263. The van der Waals surface area contributed by atoms with Crippen LogP contribution in [0.4, 0.5) is 16.7 Å². The number of hydrogen-bond acceptors (Lipinski definition) is 10. The van der Waals surface area contributed by atoms with Crippen molar-refractivity contribution < 1.29 is 9.53 Å². The number of nitrogens with one attached hydrogen (secondary N) is 1. The Labute approximate surface area is 196 Å². The van der Waals surface area contributed by atoms with Gasteiger partial charge in [0, 0.05) is 51.2 Å². The number of likely N-dealkylation sites (tertiary alicyclic amines) is 1.